The van der Waals surface area contributed by atoms with Crippen LogP contribution in [0.15, 0.2) is 34.9 Å². The van der Waals surface area contributed by atoms with E-state index in [2.05, 4.69) is 26.2 Å². The molecule has 0 spiro atoms. The van der Waals surface area contributed by atoms with Crippen molar-refractivity contribution in [2.75, 3.05) is 5.32 Å². The molecule has 0 aliphatic carbocycles. The zero-order chi connectivity index (χ0) is 14.7. The lowest BCUT2D eigenvalue weighted by Gasteiger charge is -2.08. The van der Waals surface area contributed by atoms with Crippen LogP contribution in [0.3, 0.4) is 0 Å². The summed E-state index contributed by atoms with van der Waals surface area (Å²) in [4.78, 5) is 15.9. The van der Waals surface area contributed by atoms with E-state index in [1.165, 1.54) is 18.3 Å². The highest BCUT2D eigenvalue weighted by molar-refractivity contribution is 9.10. The summed E-state index contributed by atoms with van der Waals surface area (Å²) in [5.41, 5.74) is 5.98. The smallest absolute Gasteiger partial charge is 0.255 e. The molecule has 0 aliphatic heterocycles. The Morgan fingerprint density at radius 2 is 2.05 bits per heavy atom. The number of rotatable bonds is 3. The zero-order valence-corrected chi connectivity index (χ0v) is 11.7. The zero-order valence-electron chi connectivity index (χ0n) is 10.2. The van der Waals surface area contributed by atoms with Gasteiger partial charge in [-0.05, 0) is 34.1 Å². The minimum Gasteiger partial charge on any atom is -0.325 e. The van der Waals surface area contributed by atoms with E-state index in [1.807, 2.05) is 0 Å². The Morgan fingerprint density at radius 1 is 1.30 bits per heavy atom. The first kappa shape index (κ1) is 14.5. The molecule has 2 aromatic rings. The summed E-state index contributed by atoms with van der Waals surface area (Å²) >= 11 is 2.86. The van der Waals surface area contributed by atoms with Crippen molar-refractivity contribution < 1.29 is 13.6 Å². The fraction of sp³-hybridized carbons (Fsp3) is 0.0769. The van der Waals surface area contributed by atoms with E-state index in [9.17, 15) is 13.6 Å². The minimum atomic E-state index is -0.736. The highest BCUT2D eigenvalue weighted by Crippen LogP contribution is 2.23. The molecule has 0 aliphatic rings. The van der Waals surface area contributed by atoms with Gasteiger partial charge in [0.25, 0.3) is 5.91 Å². The summed E-state index contributed by atoms with van der Waals surface area (Å²) in [5.74, 6) is -1.97. The van der Waals surface area contributed by atoms with E-state index in [0.717, 1.165) is 12.1 Å². The molecule has 1 aromatic heterocycles. The van der Waals surface area contributed by atoms with Crippen LogP contribution in [-0.4, -0.2) is 10.9 Å². The van der Waals surface area contributed by atoms with E-state index >= 15 is 0 Å². The van der Waals surface area contributed by atoms with Crippen LogP contribution in [0.1, 0.15) is 16.1 Å². The highest BCUT2D eigenvalue weighted by atomic mass is 79.9. The van der Waals surface area contributed by atoms with Crippen molar-refractivity contribution in [3.8, 4) is 0 Å². The normalized spacial score (nSPS) is 10.4. The number of nitrogens with zero attached hydrogens (tertiary/aromatic N) is 1. The molecule has 0 radical (unpaired) electrons. The fourth-order valence-corrected chi connectivity index (χ4v) is 1.86. The monoisotopic (exact) mass is 341 g/mol. The maximum Gasteiger partial charge on any atom is 0.255 e. The Labute approximate surface area is 122 Å². The average molecular weight is 342 g/mol. The average Bonchev–Trinajstić information content (AvgIpc) is 2.44. The molecule has 1 aromatic carbocycles. The van der Waals surface area contributed by atoms with Crippen molar-refractivity contribution >= 4 is 27.5 Å². The Kier molecular flexibility index (Phi) is 4.41. The molecular formula is C13H10BrF2N3O. The van der Waals surface area contributed by atoms with Crippen LogP contribution in [0.2, 0.25) is 0 Å². The SMILES string of the molecule is NCc1cc(C(=O)Nc2cc(F)c(Br)cc2F)ccn1. The largest absolute Gasteiger partial charge is 0.325 e. The predicted octanol–water partition coefficient (Wildman–Crippen LogP) is 2.83. The Hall–Kier alpha value is -1.86. The number of benzene rings is 1. The molecule has 0 saturated carbocycles. The van der Waals surface area contributed by atoms with Crippen molar-refractivity contribution in [2.45, 2.75) is 6.54 Å². The lowest BCUT2D eigenvalue weighted by molar-refractivity contribution is 0.102. The number of hydrogen-bond acceptors (Lipinski definition) is 3. The molecule has 1 amide bonds. The van der Waals surface area contributed by atoms with E-state index in [0.29, 0.717) is 5.69 Å². The molecule has 0 fully saturated rings. The van der Waals surface area contributed by atoms with Gasteiger partial charge in [0.05, 0.1) is 15.9 Å². The molecule has 20 heavy (non-hydrogen) atoms. The van der Waals surface area contributed by atoms with Gasteiger partial charge >= 0.3 is 0 Å². The number of carbonyl (C=O) groups is 1. The number of pyridine rings is 1. The van der Waals surface area contributed by atoms with Gasteiger partial charge in [0.1, 0.15) is 11.6 Å². The number of hydrogen-bond donors (Lipinski definition) is 2. The summed E-state index contributed by atoms with van der Waals surface area (Å²) in [7, 11) is 0. The van der Waals surface area contributed by atoms with Gasteiger partial charge < -0.3 is 11.1 Å². The first-order valence-corrected chi connectivity index (χ1v) is 6.41. The molecule has 3 N–H and O–H groups in total. The van der Waals surface area contributed by atoms with Crippen LogP contribution in [0, 0.1) is 11.6 Å². The Morgan fingerprint density at radius 3 is 2.75 bits per heavy atom. The van der Waals surface area contributed by atoms with Gasteiger partial charge in [-0.15, -0.1) is 0 Å². The van der Waals surface area contributed by atoms with Gasteiger partial charge in [0.15, 0.2) is 0 Å². The van der Waals surface area contributed by atoms with Crippen LogP contribution in [0.4, 0.5) is 14.5 Å². The van der Waals surface area contributed by atoms with Crippen LogP contribution in [0.25, 0.3) is 0 Å². The second kappa shape index (κ2) is 6.06. The Bertz CT molecular complexity index is 664. The summed E-state index contributed by atoms with van der Waals surface area (Å²) < 4.78 is 26.9. The quantitative estimate of drug-likeness (QED) is 0.843. The van der Waals surface area contributed by atoms with Crippen LogP contribution in [-0.2, 0) is 6.54 Å². The number of nitrogens with one attached hydrogen (secondary N) is 1. The van der Waals surface area contributed by atoms with E-state index in [1.54, 1.807) is 0 Å². The number of aromatic nitrogens is 1. The van der Waals surface area contributed by atoms with Crippen molar-refractivity contribution in [3.63, 3.8) is 0 Å². The molecular weight excluding hydrogens is 332 g/mol. The van der Waals surface area contributed by atoms with Gasteiger partial charge in [-0.1, -0.05) is 0 Å². The maximum absolute atomic E-state index is 13.6. The first-order valence-electron chi connectivity index (χ1n) is 5.62. The van der Waals surface area contributed by atoms with Crippen LogP contribution >= 0.6 is 15.9 Å². The molecule has 2 rings (SSSR count). The van der Waals surface area contributed by atoms with Crippen molar-refractivity contribution in [2.24, 2.45) is 5.73 Å². The van der Waals surface area contributed by atoms with Crippen molar-refractivity contribution in [1.29, 1.82) is 0 Å². The molecule has 0 bridgehead atoms. The summed E-state index contributed by atoms with van der Waals surface area (Å²) in [6, 6.07) is 4.80. The molecule has 1 heterocycles. The Balaban J connectivity index is 2.25. The van der Waals surface area contributed by atoms with Gasteiger partial charge in [-0.2, -0.15) is 0 Å². The van der Waals surface area contributed by atoms with E-state index in [4.69, 9.17) is 5.73 Å². The number of nitrogens with two attached hydrogens (primary N) is 1. The second-order valence-electron chi connectivity index (χ2n) is 3.94. The maximum atomic E-state index is 13.6. The van der Waals surface area contributed by atoms with Gasteiger partial charge in [0, 0.05) is 24.4 Å². The van der Waals surface area contributed by atoms with Crippen LogP contribution in [0.5, 0.6) is 0 Å². The van der Waals surface area contributed by atoms with Gasteiger partial charge in [-0.3, -0.25) is 9.78 Å². The molecule has 0 unspecified atom stereocenters. The third-order valence-corrected chi connectivity index (χ3v) is 3.15. The van der Waals surface area contributed by atoms with Gasteiger partial charge in [-0.25, -0.2) is 8.78 Å². The third kappa shape index (κ3) is 3.17. The molecule has 104 valence electrons. The second-order valence-corrected chi connectivity index (χ2v) is 4.79. The molecule has 4 nitrogen and oxygen atoms in total. The number of carbonyl (C=O) groups excluding carboxylic acids is 1. The lowest BCUT2D eigenvalue weighted by atomic mass is 10.2. The standard InChI is InChI=1S/C13H10BrF2N3O/c14-9-4-11(16)12(5-10(9)15)19-13(20)7-1-2-18-8(3-7)6-17/h1-5H,6,17H2,(H,19,20). The fourth-order valence-electron chi connectivity index (χ4n) is 1.54. The van der Waals surface area contributed by atoms with Crippen molar-refractivity contribution in [3.05, 3.63) is 57.8 Å². The minimum absolute atomic E-state index is 0.0117. The van der Waals surface area contributed by atoms with Crippen molar-refractivity contribution in [1.82, 2.24) is 4.98 Å². The number of halogens is 3. The number of amides is 1. The molecule has 0 saturated heterocycles. The lowest BCUT2D eigenvalue weighted by Crippen LogP contribution is -2.14. The highest BCUT2D eigenvalue weighted by Gasteiger charge is 2.13. The first-order chi connectivity index (χ1) is 9.51. The molecule has 0 atom stereocenters. The summed E-state index contributed by atoms with van der Waals surface area (Å²) in [6.07, 6.45) is 1.43. The predicted molar refractivity (Wildman–Crippen MR) is 74.1 cm³/mol. The summed E-state index contributed by atoms with van der Waals surface area (Å²) in [6.45, 7) is 0.183. The van der Waals surface area contributed by atoms with E-state index in [-0.39, 0.29) is 22.3 Å². The molecule has 7 heteroatoms. The third-order valence-electron chi connectivity index (χ3n) is 2.55. The topological polar surface area (TPSA) is 68.0 Å². The van der Waals surface area contributed by atoms with E-state index < -0.39 is 17.5 Å². The van der Waals surface area contributed by atoms with Crippen LogP contribution < -0.4 is 11.1 Å². The number of anilines is 1. The van der Waals surface area contributed by atoms with Gasteiger partial charge in [0.2, 0.25) is 0 Å². The summed E-state index contributed by atoms with van der Waals surface area (Å²) in [5, 5.41) is 2.30.